The maximum atomic E-state index is 10.6. The number of rotatable bonds is 1. The molecule has 0 fully saturated rings. The van der Waals surface area contributed by atoms with Crippen LogP contribution in [-0.4, -0.2) is 20.9 Å². The van der Waals surface area contributed by atoms with E-state index in [0.29, 0.717) is 3.57 Å². The van der Waals surface area contributed by atoms with Crippen molar-refractivity contribution in [2.75, 3.05) is 0 Å². The fraction of sp³-hybridized carbons (Fsp3) is 0.200. The standard InChI is InChI=1S/C5H4I2N2O2/c1-9-3(5(10)11)2(6)4(7)8-9/h1H3,(H,10,11). The fourth-order valence-corrected chi connectivity index (χ4v) is 1.96. The minimum Gasteiger partial charge on any atom is -0.476 e. The van der Waals surface area contributed by atoms with Crippen LogP contribution in [0.3, 0.4) is 0 Å². The molecule has 0 unspecified atom stereocenters. The first kappa shape index (κ1) is 9.23. The molecule has 0 aliphatic heterocycles. The molecule has 60 valence electrons. The zero-order valence-corrected chi connectivity index (χ0v) is 9.82. The summed E-state index contributed by atoms with van der Waals surface area (Å²) in [5, 5.41) is 12.6. The van der Waals surface area contributed by atoms with Crippen LogP contribution in [0.5, 0.6) is 0 Å². The van der Waals surface area contributed by atoms with E-state index in [2.05, 4.69) is 5.10 Å². The molecule has 0 spiro atoms. The molecule has 0 aliphatic carbocycles. The molecule has 1 N–H and O–H groups in total. The van der Waals surface area contributed by atoms with Crippen molar-refractivity contribution in [3.05, 3.63) is 13.0 Å². The smallest absolute Gasteiger partial charge is 0.355 e. The lowest BCUT2D eigenvalue weighted by molar-refractivity contribution is 0.0684. The highest BCUT2D eigenvalue weighted by molar-refractivity contribution is 14.1. The maximum absolute atomic E-state index is 10.6. The van der Waals surface area contributed by atoms with Crippen molar-refractivity contribution in [1.82, 2.24) is 9.78 Å². The summed E-state index contributed by atoms with van der Waals surface area (Å²) in [6.45, 7) is 0. The first-order chi connectivity index (χ1) is 5.04. The van der Waals surface area contributed by atoms with Gasteiger partial charge in [0.15, 0.2) is 5.69 Å². The van der Waals surface area contributed by atoms with Gasteiger partial charge in [-0.05, 0) is 45.2 Å². The van der Waals surface area contributed by atoms with E-state index in [1.807, 2.05) is 45.2 Å². The third-order valence-corrected chi connectivity index (χ3v) is 3.96. The van der Waals surface area contributed by atoms with Gasteiger partial charge in [0.25, 0.3) is 0 Å². The number of halogens is 2. The molecule has 0 atom stereocenters. The Hall–Kier alpha value is 0.140. The lowest BCUT2D eigenvalue weighted by Gasteiger charge is -1.93. The zero-order valence-electron chi connectivity index (χ0n) is 5.51. The van der Waals surface area contributed by atoms with Crippen LogP contribution in [0.25, 0.3) is 0 Å². The second-order valence-electron chi connectivity index (χ2n) is 1.88. The average Bonchev–Trinajstić information content (AvgIpc) is 2.07. The van der Waals surface area contributed by atoms with Crippen molar-refractivity contribution in [1.29, 1.82) is 0 Å². The average molecular weight is 378 g/mol. The minimum atomic E-state index is -0.938. The molecule has 1 aromatic rings. The molecule has 0 bridgehead atoms. The normalized spacial score (nSPS) is 10.1. The second-order valence-corrected chi connectivity index (χ2v) is 3.98. The first-order valence-electron chi connectivity index (χ1n) is 2.65. The Morgan fingerprint density at radius 3 is 2.36 bits per heavy atom. The minimum absolute atomic E-state index is 0.245. The molecule has 1 heterocycles. The summed E-state index contributed by atoms with van der Waals surface area (Å²) >= 11 is 3.97. The number of carboxylic acids is 1. The molecule has 0 aromatic carbocycles. The number of aryl methyl sites for hydroxylation is 1. The molecule has 0 saturated carbocycles. The molecule has 1 aromatic heterocycles. The van der Waals surface area contributed by atoms with Crippen molar-refractivity contribution in [3.63, 3.8) is 0 Å². The monoisotopic (exact) mass is 378 g/mol. The summed E-state index contributed by atoms with van der Waals surface area (Å²) in [4.78, 5) is 10.6. The Morgan fingerprint density at radius 2 is 2.18 bits per heavy atom. The van der Waals surface area contributed by atoms with Crippen LogP contribution in [0.15, 0.2) is 0 Å². The van der Waals surface area contributed by atoms with E-state index in [1.54, 1.807) is 7.05 Å². The molecule has 4 nitrogen and oxygen atoms in total. The predicted molar refractivity (Wildman–Crippen MR) is 55.6 cm³/mol. The van der Waals surface area contributed by atoms with Gasteiger partial charge in [-0.25, -0.2) is 4.79 Å². The second kappa shape index (κ2) is 3.25. The summed E-state index contributed by atoms with van der Waals surface area (Å²) in [6.07, 6.45) is 0. The lowest BCUT2D eigenvalue weighted by atomic mass is 10.4. The van der Waals surface area contributed by atoms with Crippen LogP contribution in [0.4, 0.5) is 0 Å². The van der Waals surface area contributed by atoms with Gasteiger partial charge >= 0.3 is 5.97 Å². The third kappa shape index (κ3) is 1.66. The van der Waals surface area contributed by atoms with Gasteiger partial charge in [-0.2, -0.15) is 5.10 Å². The van der Waals surface area contributed by atoms with Crippen LogP contribution in [0.2, 0.25) is 0 Å². The van der Waals surface area contributed by atoms with Crippen molar-refractivity contribution in [2.45, 2.75) is 0 Å². The number of hydrogen-bond acceptors (Lipinski definition) is 2. The Labute approximate surface area is 90.2 Å². The highest BCUT2D eigenvalue weighted by Crippen LogP contribution is 2.17. The molecule has 1 rings (SSSR count). The van der Waals surface area contributed by atoms with Gasteiger partial charge in [0.05, 0.1) is 3.57 Å². The highest BCUT2D eigenvalue weighted by Gasteiger charge is 2.17. The first-order valence-corrected chi connectivity index (χ1v) is 4.81. The van der Waals surface area contributed by atoms with Crippen molar-refractivity contribution >= 4 is 51.2 Å². The van der Waals surface area contributed by atoms with E-state index in [4.69, 9.17) is 5.11 Å². The third-order valence-electron chi connectivity index (χ3n) is 1.15. The Kier molecular flexibility index (Phi) is 2.73. The lowest BCUT2D eigenvalue weighted by Crippen LogP contribution is -2.06. The van der Waals surface area contributed by atoms with E-state index < -0.39 is 5.97 Å². The van der Waals surface area contributed by atoms with E-state index in [1.165, 1.54) is 4.68 Å². The van der Waals surface area contributed by atoms with Crippen LogP contribution in [0, 0.1) is 7.27 Å². The van der Waals surface area contributed by atoms with Gasteiger partial charge in [0.2, 0.25) is 0 Å². The molecule has 0 saturated heterocycles. The topological polar surface area (TPSA) is 55.1 Å². The zero-order chi connectivity index (χ0) is 8.59. The van der Waals surface area contributed by atoms with Crippen LogP contribution >= 0.6 is 45.2 Å². The predicted octanol–water partition coefficient (Wildman–Crippen LogP) is 1.33. The van der Waals surface area contributed by atoms with E-state index in [0.717, 1.165) is 3.70 Å². The molecule has 0 amide bonds. The number of nitrogens with zero attached hydrogens (tertiary/aromatic N) is 2. The Morgan fingerprint density at radius 1 is 1.64 bits per heavy atom. The Balaban J connectivity index is 3.34. The van der Waals surface area contributed by atoms with Gasteiger partial charge in [-0.1, -0.05) is 0 Å². The quantitative estimate of drug-likeness (QED) is 0.751. The number of aromatic carboxylic acids is 1. The molecule has 11 heavy (non-hydrogen) atoms. The van der Waals surface area contributed by atoms with Crippen LogP contribution < -0.4 is 0 Å². The number of carboxylic acid groups (broad SMARTS) is 1. The summed E-state index contributed by atoms with van der Waals surface area (Å²) in [5.41, 5.74) is 0.245. The van der Waals surface area contributed by atoms with Crippen LogP contribution in [0.1, 0.15) is 10.5 Å². The highest BCUT2D eigenvalue weighted by atomic mass is 127. The van der Waals surface area contributed by atoms with Crippen LogP contribution in [-0.2, 0) is 7.05 Å². The van der Waals surface area contributed by atoms with Gasteiger partial charge in [0, 0.05) is 7.05 Å². The SMILES string of the molecule is Cn1nc(I)c(I)c1C(=O)O. The van der Waals surface area contributed by atoms with E-state index in [-0.39, 0.29) is 5.69 Å². The van der Waals surface area contributed by atoms with Gasteiger partial charge in [0.1, 0.15) is 3.70 Å². The number of aromatic nitrogens is 2. The van der Waals surface area contributed by atoms with Crippen molar-refractivity contribution in [3.8, 4) is 0 Å². The van der Waals surface area contributed by atoms with E-state index in [9.17, 15) is 4.79 Å². The van der Waals surface area contributed by atoms with Gasteiger partial charge in [-0.15, -0.1) is 0 Å². The summed E-state index contributed by atoms with van der Waals surface area (Å²) < 4.78 is 2.78. The van der Waals surface area contributed by atoms with Gasteiger partial charge < -0.3 is 5.11 Å². The fourth-order valence-electron chi connectivity index (χ4n) is 0.698. The van der Waals surface area contributed by atoms with Gasteiger partial charge in [-0.3, -0.25) is 4.68 Å². The molecule has 0 aliphatic rings. The van der Waals surface area contributed by atoms with Crippen molar-refractivity contribution in [2.24, 2.45) is 7.05 Å². The molecular formula is C5H4I2N2O2. The Bertz CT molecular complexity index is 308. The molecular weight excluding hydrogens is 374 g/mol. The largest absolute Gasteiger partial charge is 0.476 e. The van der Waals surface area contributed by atoms with E-state index >= 15 is 0 Å². The summed E-state index contributed by atoms with van der Waals surface area (Å²) in [7, 11) is 1.62. The summed E-state index contributed by atoms with van der Waals surface area (Å²) in [6, 6.07) is 0. The molecule has 6 heteroatoms. The maximum Gasteiger partial charge on any atom is 0.355 e. The number of hydrogen-bond donors (Lipinski definition) is 1. The molecule has 0 radical (unpaired) electrons. The van der Waals surface area contributed by atoms with Crippen molar-refractivity contribution < 1.29 is 9.90 Å². The summed E-state index contributed by atoms with van der Waals surface area (Å²) in [5.74, 6) is -0.938. The number of carbonyl (C=O) groups is 1.